The van der Waals surface area contributed by atoms with Crippen LogP contribution in [0.1, 0.15) is 77.8 Å². The van der Waals surface area contributed by atoms with Crippen LogP contribution >= 0.6 is 0 Å². The van der Waals surface area contributed by atoms with Gasteiger partial charge in [-0.3, -0.25) is 4.99 Å². The number of methoxy groups -OCH3 is 1. The minimum absolute atomic E-state index is 0.00349. The first-order valence-electron chi connectivity index (χ1n) is 11.2. The van der Waals surface area contributed by atoms with Gasteiger partial charge in [0.25, 0.3) is 0 Å². The lowest BCUT2D eigenvalue weighted by Gasteiger charge is -2.47. The molecule has 2 saturated carbocycles. The molecule has 2 aromatic carbocycles. The van der Waals surface area contributed by atoms with Gasteiger partial charge in [0.15, 0.2) is 0 Å². The van der Waals surface area contributed by atoms with Gasteiger partial charge in [-0.05, 0) is 91.3 Å². The van der Waals surface area contributed by atoms with Crippen molar-refractivity contribution in [1.82, 2.24) is 0 Å². The minimum atomic E-state index is -0.474. The third kappa shape index (κ3) is 2.27. The first-order valence-corrected chi connectivity index (χ1v) is 11.2. The molecule has 1 atom stereocenters. The van der Waals surface area contributed by atoms with Gasteiger partial charge >= 0.3 is 0 Å². The second-order valence-electron chi connectivity index (χ2n) is 9.66. The van der Waals surface area contributed by atoms with Crippen LogP contribution in [0.5, 0.6) is 0 Å². The normalized spacial score (nSPS) is 31.5. The highest BCUT2D eigenvalue weighted by atomic mass is 16.5. The van der Waals surface area contributed by atoms with E-state index in [1.165, 1.54) is 29.5 Å². The molecule has 4 aliphatic rings. The fraction of sp³-hybridized carbons (Fsp3) is 0.462. The fourth-order valence-electron chi connectivity index (χ4n) is 6.50. The second-order valence-corrected chi connectivity index (χ2v) is 9.66. The zero-order chi connectivity index (χ0) is 20.5. The first kappa shape index (κ1) is 18.2. The summed E-state index contributed by atoms with van der Waals surface area (Å²) in [6.07, 6.45) is 8.13. The van der Waals surface area contributed by atoms with Gasteiger partial charge in [-0.15, -0.1) is 0 Å². The Morgan fingerprint density at radius 3 is 2.57 bits per heavy atom. The van der Waals surface area contributed by atoms with Crippen molar-refractivity contribution in [3.63, 3.8) is 0 Å². The highest BCUT2D eigenvalue weighted by Gasteiger charge is 2.62. The molecule has 2 aromatic rings. The summed E-state index contributed by atoms with van der Waals surface area (Å²) in [6, 6.07) is 15.4. The molecule has 1 aliphatic heterocycles. The van der Waals surface area contributed by atoms with Gasteiger partial charge in [-0.2, -0.15) is 5.26 Å². The maximum absolute atomic E-state index is 9.62. The van der Waals surface area contributed by atoms with Crippen molar-refractivity contribution < 1.29 is 4.74 Å². The summed E-state index contributed by atoms with van der Waals surface area (Å²) in [7, 11) is 1.82. The number of hydrogen-bond acceptors (Lipinski definition) is 4. The van der Waals surface area contributed by atoms with Crippen molar-refractivity contribution in [2.45, 2.75) is 62.5 Å². The van der Waals surface area contributed by atoms with E-state index in [0.29, 0.717) is 23.4 Å². The van der Waals surface area contributed by atoms with Crippen LogP contribution < -0.4 is 5.73 Å². The van der Waals surface area contributed by atoms with Gasteiger partial charge in [0.1, 0.15) is 11.4 Å². The van der Waals surface area contributed by atoms with Crippen LogP contribution in [0, 0.1) is 16.7 Å². The number of fused-ring (bicyclic) bond motifs is 5. The maximum atomic E-state index is 9.62. The Balaban J connectivity index is 1.60. The van der Waals surface area contributed by atoms with E-state index < -0.39 is 5.54 Å². The zero-order valence-corrected chi connectivity index (χ0v) is 17.4. The maximum Gasteiger partial charge on any atom is 0.127 e. The van der Waals surface area contributed by atoms with Gasteiger partial charge in [0, 0.05) is 18.1 Å². The van der Waals surface area contributed by atoms with Crippen molar-refractivity contribution in [3.8, 4) is 6.07 Å². The molecule has 0 aromatic heterocycles. The summed E-state index contributed by atoms with van der Waals surface area (Å²) in [6.45, 7) is 0. The molecule has 2 fully saturated rings. The number of hydrogen-bond donors (Lipinski definition) is 1. The van der Waals surface area contributed by atoms with Crippen LogP contribution in [0.25, 0.3) is 0 Å². The number of amidine groups is 1. The molecule has 6 rings (SSSR count). The molecule has 2 N–H and O–H groups in total. The third-order valence-electron chi connectivity index (χ3n) is 8.19. The third-order valence-corrected chi connectivity index (χ3v) is 8.19. The topological polar surface area (TPSA) is 71.4 Å². The van der Waals surface area contributed by atoms with Gasteiger partial charge < -0.3 is 10.5 Å². The Hall–Kier alpha value is -2.64. The van der Waals surface area contributed by atoms with Crippen LogP contribution in [0.4, 0.5) is 0 Å². The average Bonchev–Trinajstić information content (AvgIpc) is 3.54. The van der Waals surface area contributed by atoms with Crippen LogP contribution in [-0.4, -0.2) is 19.0 Å². The second kappa shape index (κ2) is 6.18. The number of nitrogens with two attached hydrogens (primary N) is 1. The molecule has 30 heavy (non-hydrogen) atoms. The SMILES string of the molecule is COC1CCC2(CC1)Cc1ccc(C3CC3)cc1[C@]21N=C(N)c2ccc(C#N)cc21. The molecule has 4 heteroatoms. The Labute approximate surface area is 177 Å². The summed E-state index contributed by atoms with van der Waals surface area (Å²) in [5.41, 5.74) is 13.1. The molecule has 152 valence electrons. The number of ether oxygens (including phenoxy) is 1. The van der Waals surface area contributed by atoms with Crippen molar-refractivity contribution in [2.24, 2.45) is 16.1 Å². The molecule has 3 aliphatic carbocycles. The van der Waals surface area contributed by atoms with E-state index in [2.05, 4.69) is 30.3 Å². The number of benzene rings is 2. The van der Waals surface area contributed by atoms with Crippen LogP contribution in [-0.2, 0) is 16.7 Å². The molecular weight excluding hydrogens is 370 g/mol. The van der Waals surface area contributed by atoms with Crippen LogP contribution in [0.3, 0.4) is 0 Å². The molecular formula is C26H27N3O. The summed E-state index contributed by atoms with van der Waals surface area (Å²) in [5.74, 6) is 1.31. The van der Waals surface area contributed by atoms with Gasteiger partial charge in [-0.25, -0.2) is 0 Å². The Morgan fingerprint density at radius 1 is 1.07 bits per heavy atom. The quantitative estimate of drug-likeness (QED) is 0.809. The standard InChI is InChI=1S/C26H27N3O/c1-30-20-8-10-25(11-9-20)14-19-6-5-18(17-3-4-17)13-22(19)26(25)23-12-16(15-27)2-7-21(23)24(28)29-26/h2,5-7,12-13,17,20H,3-4,8-11,14H2,1H3,(H2,28,29)/t20?,25?,26-/m1/s1. The lowest BCUT2D eigenvalue weighted by Crippen LogP contribution is -2.45. The lowest BCUT2D eigenvalue weighted by molar-refractivity contribution is 0.00684. The Bertz CT molecular complexity index is 1120. The predicted octanol–water partition coefficient (Wildman–Crippen LogP) is 4.53. The number of nitrogens with zero attached hydrogens (tertiary/aromatic N) is 2. The number of nitriles is 1. The molecule has 0 radical (unpaired) electrons. The molecule has 1 heterocycles. The Kier molecular flexibility index (Phi) is 3.74. The van der Waals surface area contributed by atoms with E-state index in [1.807, 2.05) is 19.2 Å². The van der Waals surface area contributed by atoms with E-state index in [9.17, 15) is 5.26 Å². The van der Waals surface area contributed by atoms with Crippen LogP contribution in [0.2, 0.25) is 0 Å². The van der Waals surface area contributed by atoms with Crippen LogP contribution in [0.15, 0.2) is 41.4 Å². The molecule has 2 spiro atoms. The largest absolute Gasteiger partial charge is 0.383 e. The summed E-state index contributed by atoms with van der Waals surface area (Å²) < 4.78 is 5.70. The van der Waals surface area contributed by atoms with E-state index in [1.54, 1.807) is 0 Å². The fourth-order valence-corrected chi connectivity index (χ4v) is 6.50. The summed E-state index contributed by atoms with van der Waals surface area (Å²) >= 11 is 0. The summed E-state index contributed by atoms with van der Waals surface area (Å²) in [4.78, 5) is 5.30. The number of rotatable bonds is 2. The predicted molar refractivity (Wildman–Crippen MR) is 116 cm³/mol. The van der Waals surface area contributed by atoms with E-state index in [-0.39, 0.29) is 5.41 Å². The van der Waals surface area contributed by atoms with E-state index >= 15 is 0 Å². The molecule has 4 nitrogen and oxygen atoms in total. The lowest BCUT2D eigenvalue weighted by atomic mass is 9.59. The monoisotopic (exact) mass is 397 g/mol. The summed E-state index contributed by atoms with van der Waals surface area (Å²) in [5, 5.41) is 9.62. The van der Waals surface area contributed by atoms with Gasteiger partial charge in [-0.1, -0.05) is 18.2 Å². The van der Waals surface area contributed by atoms with E-state index in [4.69, 9.17) is 15.5 Å². The van der Waals surface area contributed by atoms with E-state index in [0.717, 1.165) is 43.2 Å². The molecule has 0 bridgehead atoms. The van der Waals surface area contributed by atoms with Crippen molar-refractivity contribution in [2.75, 3.05) is 7.11 Å². The minimum Gasteiger partial charge on any atom is -0.383 e. The van der Waals surface area contributed by atoms with Crippen molar-refractivity contribution in [3.05, 3.63) is 69.8 Å². The van der Waals surface area contributed by atoms with Gasteiger partial charge in [0.2, 0.25) is 0 Å². The smallest absolute Gasteiger partial charge is 0.127 e. The average molecular weight is 398 g/mol. The van der Waals surface area contributed by atoms with Gasteiger partial charge in [0.05, 0.1) is 17.7 Å². The molecule has 0 saturated heterocycles. The van der Waals surface area contributed by atoms with Crippen molar-refractivity contribution in [1.29, 1.82) is 5.26 Å². The zero-order valence-electron chi connectivity index (χ0n) is 17.4. The molecule has 0 unspecified atom stereocenters. The Morgan fingerprint density at radius 2 is 1.87 bits per heavy atom. The number of aliphatic imine (C=N–C) groups is 1. The first-order chi connectivity index (χ1) is 14.6. The van der Waals surface area contributed by atoms with Crippen molar-refractivity contribution >= 4 is 5.84 Å². The molecule has 0 amide bonds. The highest BCUT2D eigenvalue weighted by molar-refractivity contribution is 6.03. The highest BCUT2D eigenvalue weighted by Crippen LogP contribution is 2.65.